The molecule has 0 radical (unpaired) electrons. The standard InChI is InChI=1S/C31H40N4O4S/c1-23(2)21-32-31(37)39-22-35-28-20-25(10-8-24(28)9-11-30(35)36)38-18-4-3-13-33-14-16-34(17-15-33)27-6-5-7-29-26(27)12-19-40-29/h5-8,10,12,19-20,23H,3-4,9,11,13-18,21-22H2,1-2H3,(H,32,37). The summed E-state index contributed by atoms with van der Waals surface area (Å²) in [6.45, 7) is 10.4. The Balaban J connectivity index is 1.04. The lowest BCUT2D eigenvalue weighted by Crippen LogP contribution is -2.46. The maximum absolute atomic E-state index is 12.6. The lowest BCUT2D eigenvalue weighted by atomic mass is 10.0. The normalized spacial score (nSPS) is 15.9. The second kappa shape index (κ2) is 13.4. The lowest BCUT2D eigenvalue weighted by Gasteiger charge is -2.36. The molecule has 2 aliphatic heterocycles. The van der Waals surface area contributed by atoms with E-state index in [1.165, 1.54) is 15.8 Å². The molecular formula is C31H40N4O4S. The summed E-state index contributed by atoms with van der Waals surface area (Å²) < 4.78 is 12.7. The highest BCUT2D eigenvalue weighted by molar-refractivity contribution is 7.17. The van der Waals surface area contributed by atoms with Gasteiger partial charge >= 0.3 is 6.09 Å². The first kappa shape index (κ1) is 28.2. The second-order valence-corrected chi connectivity index (χ2v) is 11.9. The van der Waals surface area contributed by atoms with E-state index in [4.69, 9.17) is 9.47 Å². The molecule has 1 fully saturated rings. The van der Waals surface area contributed by atoms with Gasteiger partial charge in [0.2, 0.25) is 5.91 Å². The van der Waals surface area contributed by atoms with Crippen LogP contribution in [-0.2, 0) is 16.0 Å². The molecular weight excluding hydrogens is 524 g/mol. The molecule has 5 rings (SSSR count). The lowest BCUT2D eigenvalue weighted by molar-refractivity contribution is -0.119. The van der Waals surface area contributed by atoms with Gasteiger partial charge in [0.1, 0.15) is 5.75 Å². The molecule has 2 aromatic carbocycles. The molecule has 40 heavy (non-hydrogen) atoms. The Morgan fingerprint density at radius 1 is 1.02 bits per heavy atom. The first-order chi connectivity index (χ1) is 19.5. The van der Waals surface area contributed by atoms with Crippen molar-refractivity contribution < 1.29 is 19.1 Å². The highest BCUT2D eigenvalue weighted by Crippen LogP contribution is 2.32. The number of benzene rings is 2. The van der Waals surface area contributed by atoms with Crippen molar-refractivity contribution in [2.24, 2.45) is 5.92 Å². The highest BCUT2D eigenvalue weighted by Gasteiger charge is 2.26. The van der Waals surface area contributed by atoms with Gasteiger partial charge in [-0.15, -0.1) is 11.3 Å². The number of nitrogens with one attached hydrogen (secondary N) is 1. The monoisotopic (exact) mass is 564 g/mol. The molecule has 3 aromatic rings. The summed E-state index contributed by atoms with van der Waals surface area (Å²) in [6.07, 6.45) is 2.62. The molecule has 0 aliphatic carbocycles. The summed E-state index contributed by atoms with van der Waals surface area (Å²) in [5.41, 5.74) is 3.19. The maximum atomic E-state index is 12.6. The third-order valence-corrected chi connectivity index (χ3v) is 8.44. The molecule has 0 unspecified atom stereocenters. The Kier molecular flexibility index (Phi) is 9.44. The van der Waals surface area contributed by atoms with E-state index in [2.05, 4.69) is 44.8 Å². The molecule has 3 heterocycles. The van der Waals surface area contributed by atoms with Crippen molar-refractivity contribution in [1.82, 2.24) is 10.2 Å². The number of carbonyl (C=O) groups excluding carboxylic acids is 2. The summed E-state index contributed by atoms with van der Waals surface area (Å²) >= 11 is 1.81. The Morgan fingerprint density at radius 3 is 2.70 bits per heavy atom. The van der Waals surface area contributed by atoms with Crippen LogP contribution in [0.4, 0.5) is 16.2 Å². The Morgan fingerprint density at radius 2 is 1.88 bits per heavy atom. The molecule has 1 saturated heterocycles. The van der Waals surface area contributed by atoms with Crippen LogP contribution in [0, 0.1) is 5.92 Å². The van der Waals surface area contributed by atoms with Gasteiger partial charge in [0, 0.05) is 61.0 Å². The summed E-state index contributed by atoms with van der Waals surface area (Å²) in [6, 6.07) is 14.7. The zero-order valence-electron chi connectivity index (χ0n) is 23.6. The third-order valence-electron chi connectivity index (χ3n) is 7.56. The van der Waals surface area contributed by atoms with E-state index >= 15 is 0 Å². The van der Waals surface area contributed by atoms with Crippen LogP contribution in [0.5, 0.6) is 5.75 Å². The van der Waals surface area contributed by atoms with Gasteiger partial charge in [-0.3, -0.25) is 14.6 Å². The number of rotatable bonds is 11. The van der Waals surface area contributed by atoms with Crippen LogP contribution in [0.2, 0.25) is 0 Å². The molecule has 2 aliphatic rings. The highest BCUT2D eigenvalue weighted by atomic mass is 32.1. The first-order valence-electron chi connectivity index (χ1n) is 14.4. The van der Waals surface area contributed by atoms with Crippen LogP contribution >= 0.6 is 11.3 Å². The van der Waals surface area contributed by atoms with Gasteiger partial charge in [-0.25, -0.2) is 4.79 Å². The third kappa shape index (κ3) is 7.06. The van der Waals surface area contributed by atoms with Crippen LogP contribution in [-0.4, -0.2) is 69.5 Å². The van der Waals surface area contributed by atoms with E-state index in [9.17, 15) is 9.59 Å². The van der Waals surface area contributed by atoms with E-state index in [1.807, 2.05) is 32.0 Å². The van der Waals surface area contributed by atoms with Gasteiger partial charge in [-0.2, -0.15) is 0 Å². The van der Waals surface area contributed by atoms with E-state index in [1.54, 1.807) is 16.2 Å². The minimum Gasteiger partial charge on any atom is -0.494 e. The number of hydrogen-bond acceptors (Lipinski definition) is 7. The van der Waals surface area contributed by atoms with Crippen molar-refractivity contribution in [3.63, 3.8) is 0 Å². The number of nitrogens with zero attached hydrogens (tertiary/aromatic N) is 3. The molecule has 0 bridgehead atoms. The number of alkyl carbamates (subject to hydrolysis) is 1. The van der Waals surface area contributed by atoms with Gasteiger partial charge in [0.25, 0.3) is 0 Å². The molecule has 2 amide bonds. The minimum atomic E-state index is -0.512. The summed E-state index contributed by atoms with van der Waals surface area (Å²) in [5.74, 6) is 1.01. The van der Waals surface area contributed by atoms with Crippen LogP contribution in [0.25, 0.3) is 10.1 Å². The molecule has 0 spiro atoms. The van der Waals surface area contributed by atoms with E-state index in [0.29, 0.717) is 31.9 Å². The molecule has 214 valence electrons. The maximum Gasteiger partial charge on any atom is 0.408 e. The molecule has 1 aromatic heterocycles. The number of thiophene rings is 1. The van der Waals surface area contributed by atoms with Gasteiger partial charge < -0.3 is 19.7 Å². The van der Waals surface area contributed by atoms with Gasteiger partial charge in [-0.1, -0.05) is 26.0 Å². The fourth-order valence-corrected chi connectivity index (χ4v) is 6.11. The molecule has 9 heteroatoms. The van der Waals surface area contributed by atoms with Crippen LogP contribution in [0.15, 0.2) is 47.8 Å². The van der Waals surface area contributed by atoms with Crippen molar-refractivity contribution in [2.45, 2.75) is 39.5 Å². The fraction of sp³-hybridized carbons (Fsp3) is 0.484. The average molecular weight is 565 g/mol. The smallest absolute Gasteiger partial charge is 0.408 e. The fourth-order valence-electron chi connectivity index (χ4n) is 5.30. The largest absolute Gasteiger partial charge is 0.494 e. The number of amides is 2. The number of unbranched alkanes of at least 4 members (excludes halogenated alkanes) is 1. The first-order valence-corrected chi connectivity index (χ1v) is 15.3. The van der Waals surface area contributed by atoms with Crippen molar-refractivity contribution in [3.05, 3.63) is 53.4 Å². The quantitative estimate of drug-likeness (QED) is 0.310. The topological polar surface area (TPSA) is 74.3 Å². The van der Waals surface area contributed by atoms with Crippen LogP contribution in [0.3, 0.4) is 0 Å². The van der Waals surface area contributed by atoms with E-state index < -0.39 is 6.09 Å². The average Bonchev–Trinajstić information content (AvgIpc) is 3.45. The number of ether oxygens (including phenoxy) is 2. The summed E-state index contributed by atoms with van der Waals surface area (Å²) in [4.78, 5) is 31.2. The number of carbonyl (C=O) groups is 2. The van der Waals surface area contributed by atoms with Crippen molar-refractivity contribution >= 4 is 44.8 Å². The molecule has 0 atom stereocenters. The predicted octanol–water partition coefficient (Wildman–Crippen LogP) is 5.50. The van der Waals surface area contributed by atoms with Gasteiger partial charge in [0.15, 0.2) is 6.73 Å². The van der Waals surface area contributed by atoms with Crippen molar-refractivity contribution in [2.75, 3.05) is 62.4 Å². The van der Waals surface area contributed by atoms with E-state index in [-0.39, 0.29) is 12.6 Å². The molecule has 0 saturated carbocycles. The van der Waals surface area contributed by atoms with Gasteiger partial charge in [-0.05, 0) is 66.9 Å². The number of aryl methyl sites for hydroxylation is 1. The Hall–Kier alpha value is -3.30. The van der Waals surface area contributed by atoms with Crippen molar-refractivity contribution in [3.8, 4) is 5.75 Å². The Labute approximate surface area is 240 Å². The van der Waals surface area contributed by atoms with Gasteiger partial charge in [0.05, 0.1) is 12.3 Å². The molecule has 1 N–H and O–H groups in total. The summed E-state index contributed by atoms with van der Waals surface area (Å²) in [7, 11) is 0. The Bertz CT molecular complexity index is 1300. The zero-order chi connectivity index (χ0) is 27.9. The predicted molar refractivity (Wildman–Crippen MR) is 162 cm³/mol. The molecule has 8 nitrogen and oxygen atoms in total. The van der Waals surface area contributed by atoms with E-state index in [0.717, 1.165) is 62.6 Å². The van der Waals surface area contributed by atoms with Crippen LogP contribution < -0.4 is 19.9 Å². The zero-order valence-corrected chi connectivity index (χ0v) is 24.4. The number of hydrogen-bond donors (Lipinski definition) is 1. The minimum absolute atomic E-state index is 0.0478. The number of anilines is 2. The van der Waals surface area contributed by atoms with Crippen molar-refractivity contribution in [1.29, 1.82) is 0 Å². The second-order valence-electron chi connectivity index (χ2n) is 10.9. The summed E-state index contributed by atoms with van der Waals surface area (Å²) in [5, 5.41) is 6.27. The van der Waals surface area contributed by atoms with Crippen LogP contribution in [0.1, 0.15) is 38.7 Å². The SMILES string of the molecule is CC(C)CNC(=O)OCN1C(=O)CCc2ccc(OCCCCN3CCN(c4cccc5sccc45)CC3)cc21. The number of fused-ring (bicyclic) bond motifs is 2. The number of piperazine rings is 1.